The first kappa shape index (κ1) is 16.1. The molecule has 0 saturated heterocycles. The Hall–Kier alpha value is -1.77. The number of aryl methyl sites for hydroxylation is 1. The smallest absolute Gasteiger partial charge is 0.335 e. The Labute approximate surface area is 138 Å². The predicted molar refractivity (Wildman–Crippen MR) is 94.2 cm³/mol. The standard InChI is InChI=1S/C20H27NO2/c1-5-10-21-17-8-6-13(19(22)23)11-15(17)16-12-14(20(2,3)4)7-9-18(16)21/h6,8,11,14H,5,7,9-10,12H2,1-4H3,(H,22,23). The van der Waals surface area contributed by atoms with E-state index in [1.165, 1.54) is 23.2 Å². The quantitative estimate of drug-likeness (QED) is 0.875. The number of aromatic nitrogens is 1. The molecule has 3 rings (SSSR count). The van der Waals surface area contributed by atoms with Gasteiger partial charge in [0.05, 0.1) is 5.56 Å². The van der Waals surface area contributed by atoms with Gasteiger partial charge < -0.3 is 9.67 Å². The van der Waals surface area contributed by atoms with Gasteiger partial charge in [0.25, 0.3) is 0 Å². The van der Waals surface area contributed by atoms with E-state index in [-0.39, 0.29) is 0 Å². The van der Waals surface area contributed by atoms with Crippen LogP contribution in [0, 0.1) is 11.3 Å². The van der Waals surface area contributed by atoms with E-state index in [4.69, 9.17) is 0 Å². The second kappa shape index (κ2) is 5.70. The van der Waals surface area contributed by atoms with Crippen LogP contribution in [-0.4, -0.2) is 15.6 Å². The molecule has 3 heteroatoms. The number of rotatable bonds is 3. The summed E-state index contributed by atoms with van der Waals surface area (Å²) in [5.74, 6) is -0.184. The summed E-state index contributed by atoms with van der Waals surface area (Å²) in [6.45, 7) is 10.2. The van der Waals surface area contributed by atoms with Crippen molar-refractivity contribution in [3.8, 4) is 0 Å². The average molecular weight is 313 g/mol. The van der Waals surface area contributed by atoms with Crippen LogP contribution in [-0.2, 0) is 19.4 Å². The Kier molecular flexibility index (Phi) is 3.99. The maximum atomic E-state index is 11.4. The largest absolute Gasteiger partial charge is 0.478 e. The summed E-state index contributed by atoms with van der Waals surface area (Å²) >= 11 is 0. The van der Waals surface area contributed by atoms with Gasteiger partial charge in [-0.05, 0) is 60.8 Å². The Balaban J connectivity index is 2.18. The van der Waals surface area contributed by atoms with Crippen LogP contribution in [0.4, 0.5) is 0 Å². The zero-order valence-electron chi connectivity index (χ0n) is 14.6. The highest BCUT2D eigenvalue weighted by Gasteiger charge is 2.32. The maximum Gasteiger partial charge on any atom is 0.335 e. The maximum absolute atomic E-state index is 11.4. The molecule has 0 aliphatic heterocycles. The van der Waals surface area contributed by atoms with Crippen molar-refractivity contribution in [1.82, 2.24) is 4.57 Å². The molecule has 124 valence electrons. The number of hydrogen-bond acceptors (Lipinski definition) is 1. The molecule has 0 saturated carbocycles. The molecule has 1 heterocycles. The van der Waals surface area contributed by atoms with E-state index in [1.807, 2.05) is 12.1 Å². The van der Waals surface area contributed by atoms with Gasteiger partial charge in [-0.1, -0.05) is 27.7 Å². The van der Waals surface area contributed by atoms with Gasteiger partial charge >= 0.3 is 5.97 Å². The Morgan fingerprint density at radius 1 is 1.35 bits per heavy atom. The highest BCUT2D eigenvalue weighted by molar-refractivity contribution is 5.95. The molecule has 3 nitrogen and oxygen atoms in total. The second-order valence-electron chi connectivity index (χ2n) is 7.92. The number of nitrogens with zero attached hydrogens (tertiary/aromatic N) is 1. The lowest BCUT2D eigenvalue weighted by molar-refractivity contribution is 0.0697. The van der Waals surface area contributed by atoms with Crippen molar-refractivity contribution < 1.29 is 9.90 Å². The third-order valence-corrected chi connectivity index (χ3v) is 5.39. The van der Waals surface area contributed by atoms with Crippen LogP contribution in [0.5, 0.6) is 0 Å². The normalized spacial score (nSPS) is 18.2. The number of fused-ring (bicyclic) bond motifs is 3. The first-order chi connectivity index (χ1) is 10.8. The molecule has 1 aliphatic rings. The Morgan fingerprint density at radius 2 is 2.09 bits per heavy atom. The summed E-state index contributed by atoms with van der Waals surface area (Å²) in [4.78, 5) is 11.4. The molecule has 1 atom stereocenters. The monoisotopic (exact) mass is 313 g/mol. The van der Waals surface area contributed by atoms with Gasteiger partial charge in [0.15, 0.2) is 0 Å². The van der Waals surface area contributed by atoms with E-state index in [0.717, 1.165) is 31.2 Å². The van der Waals surface area contributed by atoms with E-state index in [0.29, 0.717) is 16.9 Å². The molecular weight excluding hydrogens is 286 g/mol. The van der Waals surface area contributed by atoms with Crippen LogP contribution >= 0.6 is 0 Å². The van der Waals surface area contributed by atoms with Gasteiger partial charge in [-0.3, -0.25) is 0 Å². The van der Waals surface area contributed by atoms with Gasteiger partial charge in [-0.2, -0.15) is 0 Å². The lowest BCUT2D eigenvalue weighted by Crippen LogP contribution is -2.27. The fraction of sp³-hybridized carbons (Fsp3) is 0.550. The number of carboxylic acids is 1. The van der Waals surface area contributed by atoms with Gasteiger partial charge in [0.2, 0.25) is 0 Å². The molecule has 0 radical (unpaired) electrons. The van der Waals surface area contributed by atoms with Crippen LogP contribution in [0.3, 0.4) is 0 Å². The first-order valence-corrected chi connectivity index (χ1v) is 8.70. The topological polar surface area (TPSA) is 42.2 Å². The van der Waals surface area contributed by atoms with E-state index >= 15 is 0 Å². The van der Waals surface area contributed by atoms with Gasteiger partial charge in [0.1, 0.15) is 0 Å². The summed E-state index contributed by atoms with van der Waals surface area (Å²) in [7, 11) is 0. The predicted octanol–water partition coefficient (Wildman–Crippen LogP) is 4.90. The molecular formula is C20H27NO2. The number of aromatic carboxylic acids is 1. The van der Waals surface area contributed by atoms with Gasteiger partial charge in [-0.25, -0.2) is 4.79 Å². The first-order valence-electron chi connectivity index (χ1n) is 8.70. The summed E-state index contributed by atoms with van der Waals surface area (Å²) < 4.78 is 2.43. The third-order valence-electron chi connectivity index (χ3n) is 5.39. The minimum absolute atomic E-state index is 0.293. The van der Waals surface area contributed by atoms with Crippen LogP contribution in [0.15, 0.2) is 18.2 Å². The lowest BCUT2D eigenvalue weighted by Gasteiger charge is -2.34. The number of carboxylic acid groups (broad SMARTS) is 1. The Morgan fingerprint density at radius 3 is 2.70 bits per heavy atom. The molecule has 1 aromatic carbocycles. The zero-order valence-corrected chi connectivity index (χ0v) is 14.6. The second-order valence-corrected chi connectivity index (χ2v) is 7.92. The molecule has 0 fully saturated rings. The highest BCUT2D eigenvalue weighted by atomic mass is 16.4. The SMILES string of the molecule is CCCn1c2c(c3cc(C(=O)O)ccc31)CC(C(C)(C)C)CC2. The van der Waals surface area contributed by atoms with Crippen LogP contribution in [0.2, 0.25) is 0 Å². The van der Waals surface area contributed by atoms with E-state index in [2.05, 4.69) is 32.3 Å². The van der Waals surface area contributed by atoms with Crippen molar-refractivity contribution in [2.45, 2.75) is 59.9 Å². The molecule has 0 spiro atoms. The molecule has 1 aromatic heterocycles. The van der Waals surface area contributed by atoms with Crippen molar-refractivity contribution in [2.24, 2.45) is 11.3 Å². The van der Waals surface area contributed by atoms with E-state index in [1.54, 1.807) is 6.07 Å². The van der Waals surface area contributed by atoms with Gasteiger partial charge in [0, 0.05) is 23.1 Å². The van der Waals surface area contributed by atoms with Crippen molar-refractivity contribution in [1.29, 1.82) is 0 Å². The molecule has 1 N–H and O–H groups in total. The number of hydrogen-bond donors (Lipinski definition) is 1. The van der Waals surface area contributed by atoms with Crippen molar-refractivity contribution in [2.75, 3.05) is 0 Å². The van der Waals surface area contributed by atoms with Crippen LogP contribution in [0.1, 0.15) is 62.2 Å². The van der Waals surface area contributed by atoms with Crippen molar-refractivity contribution in [3.63, 3.8) is 0 Å². The molecule has 0 bridgehead atoms. The van der Waals surface area contributed by atoms with E-state index in [9.17, 15) is 9.90 Å². The zero-order chi connectivity index (χ0) is 16.8. The fourth-order valence-corrected chi connectivity index (χ4v) is 4.00. The van der Waals surface area contributed by atoms with Crippen LogP contribution < -0.4 is 0 Å². The molecule has 2 aromatic rings. The molecule has 23 heavy (non-hydrogen) atoms. The van der Waals surface area contributed by atoms with Crippen molar-refractivity contribution in [3.05, 3.63) is 35.0 Å². The minimum atomic E-state index is -0.841. The van der Waals surface area contributed by atoms with Crippen molar-refractivity contribution >= 4 is 16.9 Å². The summed E-state index contributed by atoms with van der Waals surface area (Å²) in [6, 6.07) is 5.62. The summed E-state index contributed by atoms with van der Waals surface area (Å²) in [6.07, 6.45) is 4.49. The number of benzene rings is 1. The summed E-state index contributed by atoms with van der Waals surface area (Å²) in [5.41, 5.74) is 4.72. The third kappa shape index (κ3) is 2.77. The average Bonchev–Trinajstić information content (AvgIpc) is 2.80. The van der Waals surface area contributed by atoms with Crippen LogP contribution in [0.25, 0.3) is 10.9 Å². The molecule has 1 unspecified atom stereocenters. The number of carbonyl (C=O) groups is 1. The summed E-state index contributed by atoms with van der Waals surface area (Å²) in [5, 5.41) is 10.5. The Bertz CT molecular complexity index is 749. The molecule has 1 aliphatic carbocycles. The lowest BCUT2D eigenvalue weighted by atomic mass is 9.71. The van der Waals surface area contributed by atoms with E-state index < -0.39 is 5.97 Å². The fourth-order valence-electron chi connectivity index (χ4n) is 4.00. The minimum Gasteiger partial charge on any atom is -0.478 e. The van der Waals surface area contributed by atoms with Gasteiger partial charge in [-0.15, -0.1) is 0 Å². The highest BCUT2D eigenvalue weighted by Crippen LogP contribution is 2.41. The molecule has 0 amide bonds.